The number of rotatable bonds is 6. The van der Waals surface area contributed by atoms with Crippen LogP contribution in [-0.4, -0.2) is 29.2 Å². The van der Waals surface area contributed by atoms with Crippen LogP contribution in [0.25, 0.3) is 0 Å². The minimum absolute atomic E-state index is 0.389. The van der Waals surface area contributed by atoms with E-state index in [1.165, 1.54) is 11.8 Å². The number of carbonyl (C=O) groups excluding carboxylic acids is 1. The van der Waals surface area contributed by atoms with Crippen LogP contribution in [0.3, 0.4) is 0 Å². The fraction of sp³-hybridized carbons (Fsp3) is 0.467. The summed E-state index contributed by atoms with van der Waals surface area (Å²) in [4.78, 5) is 25.2. The molecule has 0 radical (unpaired) electrons. The summed E-state index contributed by atoms with van der Waals surface area (Å²) >= 11 is 0. The topological polar surface area (TPSA) is 69.6 Å². The molecule has 0 aliphatic carbocycles. The van der Waals surface area contributed by atoms with Crippen LogP contribution in [0.15, 0.2) is 30.3 Å². The summed E-state index contributed by atoms with van der Waals surface area (Å²) in [5.74, 6) is -1.02. The second kappa shape index (κ2) is 6.93. The number of anilines is 1. The molecule has 1 aromatic rings. The minimum Gasteiger partial charge on any atom is -0.480 e. The van der Waals surface area contributed by atoms with Crippen molar-refractivity contribution in [3.8, 4) is 0 Å². The van der Waals surface area contributed by atoms with Gasteiger partial charge in [-0.05, 0) is 32.4 Å². The number of hydrogen-bond acceptors (Lipinski definition) is 2. The zero-order valence-electron chi connectivity index (χ0n) is 12.2. The molecule has 0 aromatic heterocycles. The SMILES string of the molecule is CCCC(C)(NC(=O)N(CC)c1ccccc1)C(=O)O. The van der Waals surface area contributed by atoms with E-state index in [9.17, 15) is 14.7 Å². The highest BCUT2D eigenvalue weighted by molar-refractivity contribution is 5.95. The number of nitrogens with zero attached hydrogens (tertiary/aromatic N) is 1. The summed E-state index contributed by atoms with van der Waals surface area (Å²) in [7, 11) is 0. The van der Waals surface area contributed by atoms with E-state index in [2.05, 4.69) is 5.32 Å². The highest BCUT2D eigenvalue weighted by atomic mass is 16.4. The van der Waals surface area contributed by atoms with Crippen molar-refractivity contribution < 1.29 is 14.7 Å². The van der Waals surface area contributed by atoms with Gasteiger partial charge in [-0.1, -0.05) is 31.5 Å². The standard InChI is InChI=1S/C15H22N2O3/c1-4-11-15(3,13(18)19)16-14(20)17(5-2)12-9-7-6-8-10-12/h6-10H,4-5,11H2,1-3H3,(H,16,20)(H,18,19). The van der Waals surface area contributed by atoms with Crippen LogP contribution in [0.2, 0.25) is 0 Å². The Morgan fingerprint density at radius 3 is 2.30 bits per heavy atom. The fourth-order valence-corrected chi connectivity index (χ4v) is 2.08. The van der Waals surface area contributed by atoms with Crippen molar-refractivity contribution in [2.24, 2.45) is 0 Å². The van der Waals surface area contributed by atoms with E-state index in [1.807, 2.05) is 44.2 Å². The summed E-state index contributed by atoms with van der Waals surface area (Å²) in [6, 6.07) is 8.80. The first-order chi connectivity index (χ1) is 9.44. The second-order valence-electron chi connectivity index (χ2n) is 4.90. The van der Waals surface area contributed by atoms with Crippen molar-refractivity contribution >= 4 is 17.7 Å². The van der Waals surface area contributed by atoms with Gasteiger partial charge in [0.25, 0.3) is 0 Å². The number of carboxylic acids is 1. The molecule has 0 aliphatic rings. The Hall–Kier alpha value is -2.04. The predicted molar refractivity (Wildman–Crippen MR) is 78.9 cm³/mol. The van der Waals surface area contributed by atoms with Gasteiger partial charge in [0.2, 0.25) is 0 Å². The van der Waals surface area contributed by atoms with E-state index >= 15 is 0 Å². The maximum absolute atomic E-state index is 12.3. The van der Waals surface area contributed by atoms with Gasteiger partial charge in [-0.2, -0.15) is 0 Å². The molecule has 0 saturated heterocycles. The number of para-hydroxylation sites is 1. The van der Waals surface area contributed by atoms with Crippen LogP contribution in [0.5, 0.6) is 0 Å². The molecule has 1 atom stereocenters. The second-order valence-corrected chi connectivity index (χ2v) is 4.90. The van der Waals surface area contributed by atoms with Crippen molar-refractivity contribution in [1.82, 2.24) is 5.32 Å². The molecule has 1 rings (SSSR count). The number of hydrogen-bond donors (Lipinski definition) is 2. The Kier molecular flexibility index (Phi) is 5.55. The predicted octanol–water partition coefficient (Wildman–Crippen LogP) is 2.87. The first-order valence-electron chi connectivity index (χ1n) is 6.82. The van der Waals surface area contributed by atoms with E-state index in [0.29, 0.717) is 19.4 Å². The third-order valence-electron chi connectivity index (χ3n) is 3.23. The van der Waals surface area contributed by atoms with Crippen molar-refractivity contribution in [3.63, 3.8) is 0 Å². The maximum Gasteiger partial charge on any atom is 0.329 e. The van der Waals surface area contributed by atoms with Gasteiger partial charge in [0.1, 0.15) is 5.54 Å². The molecule has 110 valence electrons. The Morgan fingerprint density at radius 1 is 1.25 bits per heavy atom. The Bertz CT molecular complexity index is 461. The fourth-order valence-electron chi connectivity index (χ4n) is 2.08. The van der Waals surface area contributed by atoms with Gasteiger partial charge in [0.15, 0.2) is 0 Å². The van der Waals surface area contributed by atoms with Crippen LogP contribution in [-0.2, 0) is 4.79 Å². The van der Waals surface area contributed by atoms with Crippen molar-refractivity contribution in [2.75, 3.05) is 11.4 Å². The van der Waals surface area contributed by atoms with Crippen molar-refractivity contribution in [3.05, 3.63) is 30.3 Å². The monoisotopic (exact) mass is 278 g/mol. The summed E-state index contributed by atoms with van der Waals surface area (Å²) in [5, 5.41) is 11.9. The average Bonchev–Trinajstić information content (AvgIpc) is 2.40. The third-order valence-corrected chi connectivity index (χ3v) is 3.23. The van der Waals surface area contributed by atoms with E-state index in [4.69, 9.17) is 0 Å². The molecule has 5 heteroatoms. The lowest BCUT2D eigenvalue weighted by Gasteiger charge is -2.30. The van der Waals surface area contributed by atoms with Gasteiger partial charge >= 0.3 is 12.0 Å². The molecule has 20 heavy (non-hydrogen) atoms. The molecule has 0 bridgehead atoms. The van der Waals surface area contributed by atoms with Gasteiger partial charge < -0.3 is 10.4 Å². The lowest BCUT2D eigenvalue weighted by atomic mass is 9.96. The third kappa shape index (κ3) is 3.73. The molecule has 0 fully saturated rings. The highest BCUT2D eigenvalue weighted by Gasteiger charge is 2.35. The zero-order chi connectivity index (χ0) is 15.2. The number of amides is 2. The molecule has 1 unspecified atom stereocenters. The first kappa shape index (κ1) is 16.0. The highest BCUT2D eigenvalue weighted by Crippen LogP contribution is 2.17. The molecule has 5 nitrogen and oxygen atoms in total. The summed E-state index contributed by atoms with van der Waals surface area (Å²) in [6.45, 7) is 5.75. The van der Waals surface area contributed by atoms with Gasteiger partial charge in [-0.25, -0.2) is 9.59 Å². The summed E-state index contributed by atoms with van der Waals surface area (Å²) < 4.78 is 0. The Labute approximate surface area is 119 Å². The van der Waals surface area contributed by atoms with Crippen LogP contribution in [0.1, 0.15) is 33.6 Å². The van der Waals surface area contributed by atoms with Gasteiger partial charge in [-0.3, -0.25) is 4.90 Å². The van der Waals surface area contributed by atoms with Crippen LogP contribution < -0.4 is 10.2 Å². The van der Waals surface area contributed by atoms with Crippen LogP contribution >= 0.6 is 0 Å². The molecule has 0 aliphatic heterocycles. The van der Waals surface area contributed by atoms with E-state index in [0.717, 1.165) is 5.69 Å². The molecule has 0 saturated carbocycles. The maximum atomic E-state index is 12.3. The minimum atomic E-state index is -1.24. The number of carbonyl (C=O) groups is 2. The Balaban J connectivity index is 2.90. The normalized spacial score (nSPS) is 13.3. The van der Waals surface area contributed by atoms with Crippen LogP contribution in [0.4, 0.5) is 10.5 Å². The molecule has 2 N–H and O–H groups in total. The molecular formula is C15H22N2O3. The van der Waals surface area contributed by atoms with Gasteiger partial charge in [0, 0.05) is 12.2 Å². The lowest BCUT2D eigenvalue weighted by molar-refractivity contribution is -0.144. The summed E-state index contributed by atoms with van der Waals surface area (Å²) in [5.41, 5.74) is -0.495. The quantitative estimate of drug-likeness (QED) is 0.840. The smallest absolute Gasteiger partial charge is 0.329 e. The zero-order valence-corrected chi connectivity index (χ0v) is 12.2. The number of benzene rings is 1. The van der Waals surface area contributed by atoms with E-state index < -0.39 is 17.5 Å². The molecule has 2 amide bonds. The first-order valence-corrected chi connectivity index (χ1v) is 6.82. The van der Waals surface area contributed by atoms with E-state index in [1.54, 1.807) is 0 Å². The number of urea groups is 1. The lowest BCUT2D eigenvalue weighted by Crippen LogP contribution is -2.56. The Morgan fingerprint density at radius 2 is 1.85 bits per heavy atom. The van der Waals surface area contributed by atoms with Gasteiger partial charge in [-0.15, -0.1) is 0 Å². The average molecular weight is 278 g/mol. The van der Waals surface area contributed by atoms with Crippen molar-refractivity contribution in [1.29, 1.82) is 0 Å². The largest absolute Gasteiger partial charge is 0.480 e. The number of carboxylic acid groups (broad SMARTS) is 1. The molecule has 0 spiro atoms. The van der Waals surface area contributed by atoms with E-state index in [-0.39, 0.29) is 0 Å². The van der Waals surface area contributed by atoms with Crippen LogP contribution in [0, 0.1) is 0 Å². The number of aliphatic carboxylic acids is 1. The van der Waals surface area contributed by atoms with Gasteiger partial charge in [0.05, 0.1) is 0 Å². The molecule has 1 aromatic carbocycles. The number of nitrogens with one attached hydrogen (secondary N) is 1. The summed E-state index contributed by atoms with van der Waals surface area (Å²) in [6.07, 6.45) is 1.07. The molecular weight excluding hydrogens is 256 g/mol. The van der Waals surface area contributed by atoms with Crippen molar-refractivity contribution in [2.45, 2.75) is 39.2 Å². The molecule has 0 heterocycles.